The molecule has 1 aromatic carbocycles. The van der Waals surface area contributed by atoms with Gasteiger partial charge in [0.05, 0.1) is 5.56 Å². The summed E-state index contributed by atoms with van der Waals surface area (Å²) >= 11 is 0. The predicted molar refractivity (Wildman–Crippen MR) is 36.3 cm³/mol. The molecule has 1 nitrogen and oxygen atoms in total. The van der Waals surface area contributed by atoms with Gasteiger partial charge < -0.3 is 0 Å². The SMILES string of the molecule is CC(=O)c1c(F)cc(F)cc1F. The Morgan fingerprint density at radius 3 is 1.92 bits per heavy atom. The number of hydrogen-bond donors (Lipinski definition) is 0. The minimum Gasteiger partial charge on any atom is -0.294 e. The Morgan fingerprint density at radius 2 is 1.58 bits per heavy atom. The number of carbonyl (C=O) groups is 1. The minimum atomic E-state index is -1.17. The second-order valence-corrected chi connectivity index (χ2v) is 2.30. The van der Waals surface area contributed by atoms with Crippen molar-refractivity contribution in [1.29, 1.82) is 0 Å². The van der Waals surface area contributed by atoms with Crippen molar-refractivity contribution in [1.82, 2.24) is 0 Å². The number of ketones is 1. The second kappa shape index (κ2) is 2.97. The van der Waals surface area contributed by atoms with Crippen LogP contribution in [0.4, 0.5) is 13.2 Å². The summed E-state index contributed by atoms with van der Waals surface area (Å²) in [6.45, 7) is 1.01. The number of carbonyl (C=O) groups excluding carboxylic acids is 1. The summed E-state index contributed by atoms with van der Waals surface area (Å²) in [4.78, 5) is 10.6. The molecule has 12 heavy (non-hydrogen) atoms. The number of hydrogen-bond acceptors (Lipinski definition) is 1. The summed E-state index contributed by atoms with van der Waals surface area (Å²) in [5.74, 6) is -4.12. The molecule has 0 heterocycles. The molecule has 0 N–H and O–H groups in total. The van der Waals surface area contributed by atoms with Crippen LogP contribution in [0.15, 0.2) is 12.1 Å². The van der Waals surface area contributed by atoms with E-state index in [9.17, 15) is 18.0 Å². The van der Waals surface area contributed by atoms with E-state index in [1.807, 2.05) is 0 Å². The largest absolute Gasteiger partial charge is 0.294 e. The number of benzene rings is 1. The van der Waals surface area contributed by atoms with Crippen molar-refractivity contribution >= 4 is 5.78 Å². The molecule has 0 aromatic heterocycles. The average Bonchev–Trinajstić information content (AvgIpc) is 1.82. The molecule has 1 rings (SSSR count). The first-order chi connectivity index (χ1) is 5.52. The lowest BCUT2D eigenvalue weighted by Gasteiger charge is -1.99. The first kappa shape index (κ1) is 8.77. The fourth-order valence-electron chi connectivity index (χ4n) is 0.879. The normalized spacial score (nSPS) is 10.0. The van der Waals surface area contributed by atoms with Crippen LogP contribution >= 0.6 is 0 Å². The Bertz CT molecular complexity index is 310. The van der Waals surface area contributed by atoms with Gasteiger partial charge in [-0.3, -0.25) is 4.79 Å². The van der Waals surface area contributed by atoms with Gasteiger partial charge in [0, 0.05) is 12.1 Å². The molecule has 64 valence electrons. The topological polar surface area (TPSA) is 17.1 Å². The van der Waals surface area contributed by atoms with Gasteiger partial charge >= 0.3 is 0 Å². The van der Waals surface area contributed by atoms with Crippen molar-refractivity contribution in [3.8, 4) is 0 Å². The molecule has 0 aliphatic carbocycles. The van der Waals surface area contributed by atoms with E-state index in [0.29, 0.717) is 12.1 Å². The predicted octanol–water partition coefficient (Wildman–Crippen LogP) is 2.31. The molecule has 0 radical (unpaired) electrons. The average molecular weight is 174 g/mol. The van der Waals surface area contributed by atoms with Crippen LogP contribution in [0.5, 0.6) is 0 Å². The van der Waals surface area contributed by atoms with Crippen molar-refractivity contribution < 1.29 is 18.0 Å². The standard InChI is InChI=1S/C8H5F3O/c1-4(12)8-6(10)2-5(9)3-7(8)11/h2-3H,1H3. The molecule has 1 aromatic rings. The molecule has 0 spiro atoms. The fourth-order valence-corrected chi connectivity index (χ4v) is 0.879. The van der Waals surface area contributed by atoms with Gasteiger partial charge in [-0.15, -0.1) is 0 Å². The van der Waals surface area contributed by atoms with E-state index < -0.39 is 28.8 Å². The highest BCUT2D eigenvalue weighted by atomic mass is 19.1. The van der Waals surface area contributed by atoms with Crippen molar-refractivity contribution in [3.05, 3.63) is 35.1 Å². The van der Waals surface area contributed by atoms with E-state index in [2.05, 4.69) is 0 Å². The van der Waals surface area contributed by atoms with E-state index in [4.69, 9.17) is 0 Å². The Kier molecular flexibility index (Phi) is 2.17. The summed E-state index contributed by atoms with van der Waals surface area (Å²) in [5.41, 5.74) is -0.698. The zero-order chi connectivity index (χ0) is 9.30. The van der Waals surface area contributed by atoms with E-state index >= 15 is 0 Å². The van der Waals surface area contributed by atoms with Gasteiger partial charge in [-0.25, -0.2) is 13.2 Å². The smallest absolute Gasteiger partial charge is 0.165 e. The summed E-state index contributed by atoms with van der Waals surface area (Å²) in [5, 5.41) is 0. The highest BCUT2D eigenvalue weighted by Gasteiger charge is 2.14. The molecule has 4 heteroatoms. The minimum absolute atomic E-state index is 0.472. The summed E-state index contributed by atoms with van der Waals surface area (Å²) < 4.78 is 37.6. The maximum Gasteiger partial charge on any atom is 0.165 e. The maximum atomic E-state index is 12.7. The van der Waals surface area contributed by atoms with E-state index in [1.165, 1.54) is 0 Å². The van der Waals surface area contributed by atoms with Crippen LogP contribution in [-0.4, -0.2) is 5.78 Å². The lowest BCUT2D eigenvalue weighted by Crippen LogP contribution is -2.02. The van der Waals surface area contributed by atoms with Gasteiger partial charge in [0.15, 0.2) is 5.78 Å². The molecule has 0 atom stereocenters. The van der Waals surface area contributed by atoms with Gasteiger partial charge in [0.25, 0.3) is 0 Å². The van der Waals surface area contributed by atoms with Crippen LogP contribution < -0.4 is 0 Å². The van der Waals surface area contributed by atoms with Gasteiger partial charge in [-0.05, 0) is 6.92 Å². The molecule has 0 fully saturated rings. The number of rotatable bonds is 1. The molecule has 0 amide bonds. The van der Waals surface area contributed by atoms with Gasteiger partial charge in [-0.1, -0.05) is 0 Å². The summed E-state index contributed by atoms with van der Waals surface area (Å²) in [6.07, 6.45) is 0. The lowest BCUT2D eigenvalue weighted by molar-refractivity contribution is 0.100. The van der Waals surface area contributed by atoms with Gasteiger partial charge in [0.1, 0.15) is 17.5 Å². The zero-order valence-electron chi connectivity index (χ0n) is 6.20. The van der Waals surface area contributed by atoms with Crippen LogP contribution in [0.2, 0.25) is 0 Å². The molecule has 0 saturated heterocycles. The van der Waals surface area contributed by atoms with Crippen LogP contribution in [0.1, 0.15) is 17.3 Å². The molecule has 0 aliphatic rings. The van der Waals surface area contributed by atoms with Gasteiger partial charge in [-0.2, -0.15) is 0 Å². The first-order valence-electron chi connectivity index (χ1n) is 3.18. The Labute approximate surface area is 66.8 Å². The molecular formula is C8H5F3O. The first-order valence-corrected chi connectivity index (χ1v) is 3.18. The number of Topliss-reactive ketones (excluding diaryl/α,β-unsaturated/α-hetero) is 1. The van der Waals surface area contributed by atoms with Crippen LogP contribution in [0, 0.1) is 17.5 Å². The summed E-state index contributed by atoms with van der Waals surface area (Å²) in [7, 11) is 0. The van der Waals surface area contributed by atoms with E-state index in [1.54, 1.807) is 0 Å². The van der Waals surface area contributed by atoms with Crippen molar-refractivity contribution in [2.24, 2.45) is 0 Å². The van der Waals surface area contributed by atoms with Crippen molar-refractivity contribution in [2.75, 3.05) is 0 Å². The Morgan fingerprint density at radius 1 is 1.17 bits per heavy atom. The van der Waals surface area contributed by atoms with Crippen LogP contribution in [0.3, 0.4) is 0 Å². The third-order valence-corrected chi connectivity index (χ3v) is 1.36. The summed E-state index contributed by atoms with van der Waals surface area (Å²) in [6, 6.07) is 0.944. The zero-order valence-corrected chi connectivity index (χ0v) is 6.20. The highest BCUT2D eigenvalue weighted by Crippen LogP contribution is 2.14. The Hall–Kier alpha value is -1.32. The fraction of sp³-hybridized carbons (Fsp3) is 0.125. The molecule has 0 saturated carbocycles. The molecule has 0 unspecified atom stereocenters. The lowest BCUT2D eigenvalue weighted by atomic mass is 10.1. The van der Waals surface area contributed by atoms with Gasteiger partial charge in [0.2, 0.25) is 0 Å². The van der Waals surface area contributed by atoms with E-state index in [0.717, 1.165) is 6.92 Å². The monoisotopic (exact) mass is 174 g/mol. The third-order valence-electron chi connectivity index (χ3n) is 1.36. The highest BCUT2D eigenvalue weighted by molar-refractivity contribution is 5.94. The second-order valence-electron chi connectivity index (χ2n) is 2.30. The van der Waals surface area contributed by atoms with Crippen LogP contribution in [0.25, 0.3) is 0 Å². The van der Waals surface area contributed by atoms with Crippen molar-refractivity contribution in [3.63, 3.8) is 0 Å². The maximum absolute atomic E-state index is 12.7. The van der Waals surface area contributed by atoms with Crippen molar-refractivity contribution in [2.45, 2.75) is 6.92 Å². The van der Waals surface area contributed by atoms with Crippen LogP contribution in [-0.2, 0) is 0 Å². The Balaban J connectivity index is 3.38. The molecule has 0 bridgehead atoms. The number of halogens is 3. The third kappa shape index (κ3) is 1.47. The molecule has 0 aliphatic heterocycles. The van der Waals surface area contributed by atoms with E-state index in [-0.39, 0.29) is 0 Å². The molecular weight excluding hydrogens is 169 g/mol. The quantitative estimate of drug-likeness (QED) is 0.597.